The van der Waals surface area contributed by atoms with Gasteiger partial charge < -0.3 is 10.1 Å². The Kier molecular flexibility index (Phi) is 6.40. The Bertz CT molecular complexity index is 921. The van der Waals surface area contributed by atoms with Crippen molar-refractivity contribution >= 4 is 23.5 Å². The summed E-state index contributed by atoms with van der Waals surface area (Å²) in [5.41, 5.74) is 3.06. The number of piperidine rings is 1. The minimum atomic E-state index is -0.526. The maximum absolute atomic E-state index is 12.9. The highest BCUT2D eigenvalue weighted by atomic mass is 35.5. The fourth-order valence-electron chi connectivity index (χ4n) is 4.58. The Morgan fingerprint density at radius 2 is 1.90 bits per heavy atom. The number of fused-ring (bicyclic) bond motifs is 1. The molecule has 2 aliphatic rings. The molecule has 5 nitrogen and oxygen atoms in total. The number of likely N-dealkylation sites (tertiary alicyclic amines) is 1. The minimum absolute atomic E-state index is 0.0445. The monoisotopic (exact) mass is 426 g/mol. The predicted molar refractivity (Wildman–Crippen MR) is 117 cm³/mol. The van der Waals surface area contributed by atoms with Crippen LogP contribution in [0.1, 0.15) is 40.7 Å². The first-order valence-electron chi connectivity index (χ1n) is 10.6. The fraction of sp³-hybridized carbons (Fsp3) is 0.417. The Labute approximate surface area is 182 Å². The maximum Gasteiger partial charge on any atom is 0.412 e. The van der Waals surface area contributed by atoms with Gasteiger partial charge in [0.2, 0.25) is 0 Å². The number of rotatable bonds is 5. The van der Waals surface area contributed by atoms with Gasteiger partial charge in [-0.1, -0.05) is 29.8 Å². The van der Waals surface area contributed by atoms with E-state index in [1.165, 1.54) is 12.6 Å². The number of halogens is 1. The summed E-state index contributed by atoms with van der Waals surface area (Å²) in [5.74, 6) is 1.23. The molecule has 2 aromatic rings. The molecule has 1 atom stereocenters. The lowest BCUT2D eigenvalue weighted by molar-refractivity contribution is 0.0895. The SMILES string of the molecule is CNC(=O)Oc1ccc2c(c1)C(=O)C(CC1CCN(Cc3ccc(Cl)cc3)CC1)C2. The minimum Gasteiger partial charge on any atom is -0.410 e. The number of nitrogens with zero attached hydrogens (tertiary/aromatic N) is 1. The summed E-state index contributed by atoms with van der Waals surface area (Å²) >= 11 is 5.97. The van der Waals surface area contributed by atoms with E-state index in [0.29, 0.717) is 17.2 Å². The number of ketones is 1. The Hall–Kier alpha value is -2.37. The molecule has 1 aliphatic carbocycles. The van der Waals surface area contributed by atoms with Crippen molar-refractivity contribution in [1.82, 2.24) is 10.2 Å². The number of amides is 1. The standard InChI is InChI=1S/C24H27ClN2O3/c1-26-24(29)30-21-7-4-18-13-19(23(28)22(18)14-21)12-16-8-10-27(11-9-16)15-17-2-5-20(25)6-3-17/h2-7,14,16,19H,8-13,15H2,1H3,(H,26,29). The van der Waals surface area contributed by atoms with Gasteiger partial charge in [-0.3, -0.25) is 9.69 Å². The molecule has 1 aliphatic heterocycles. The maximum atomic E-state index is 12.9. The number of carbonyl (C=O) groups is 2. The lowest BCUT2D eigenvalue weighted by Gasteiger charge is -2.33. The van der Waals surface area contributed by atoms with E-state index in [9.17, 15) is 9.59 Å². The van der Waals surface area contributed by atoms with E-state index in [1.807, 2.05) is 18.2 Å². The summed E-state index contributed by atoms with van der Waals surface area (Å²) in [4.78, 5) is 26.8. The molecule has 1 N–H and O–H groups in total. The lowest BCUT2D eigenvalue weighted by atomic mass is 9.85. The molecule has 0 bridgehead atoms. The van der Waals surface area contributed by atoms with Crippen molar-refractivity contribution in [2.45, 2.75) is 32.2 Å². The van der Waals surface area contributed by atoms with Gasteiger partial charge in [0.15, 0.2) is 5.78 Å². The van der Waals surface area contributed by atoms with Crippen LogP contribution in [0.2, 0.25) is 5.02 Å². The van der Waals surface area contributed by atoms with E-state index in [-0.39, 0.29) is 11.7 Å². The second kappa shape index (κ2) is 9.19. The van der Waals surface area contributed by atoms with Crippen molar-refractivity contribution in [3.05, 3.63) is 64.2 Å². The molecular formula is C24H27ClN2O3. The molecule has 4 rings (SSSR count). The van der Waals surface area contributed by atoms with Crippen LogP contribution in [0.25, 0.3) is 0 Å². The first kappa shape index (κ1) is 20.9. The van der Waals surface area contributed by atoms with Gasteiger partial charge in [-0.25, -0.2) is 4.79 Å². The summed E-state index contributed by atoms with van der Waals surface area (Å²) < 4.78 is 5.17. The van der Waals surface area contributed by atoms with E-state index in [2.05, 4.69) is 22.3 Å². The van der Waals surface area contributed by atoms with Crippen LogP contribution >= 0.6 is 11.6 Å². The second-order valence-electron chi connectivity index (χ2n) is 8.31. The second-order valence-corrected chi connectivity index (χ2v) is 8.74. The van der Waals surface area contributed by atoms with Crippen molar-refractivity contribution in [2.75, 3.05) is 20.1 Å². The zero-order chi connectivity index (χ0) is 21.1. The highest BCUT2D eigenvalue weighted by Gasteiger charge is 2.33. The summed E-state index contributed by atoms with van der Waals surface area (Å²) in [7, 11) is 1.51. The van der Waals surface area contributed by atoms with Gasteiger partial charge in [0, 0.05) is 30.1 Å². The van der Waals surface area contributed by atoms with Crippen LogP contribution in [-0.4, -0.2) is 36.9 Å². The van der Waals surface area contributed by atoms with Gasteiger partial charge in [-0.15, -0.1) is 0 Å². The highest BCUT2D eigenvalue weighted by molar-refractivity contribution is 6.30. The Morgan fingerprint density at radius 1 is 1.17 bits per heavy atom. The molecule has 1 fully saturated rings. The number of carbonyl (C=O) groups excluding carboxylic acids is 2. The summed E-state index contributed by atoms with van der Waals surface area (Å²) in [6, 6.07) is 13.5. The molecule has 0 saturated carbocycles. The van der Waals surface area contributed by atoms with Gasteiger partial charge in [-0.05, 0) is 80.1 Å². The number of Topliss-reactive ketones (excluding diaryl/α,β-unsaturated/α-hetero) is 1. The molecule has 0 radical (unpaired) electrons. The van der Waals surface area contributed by atoms with Gasteiger partial charge in [0.1, 0.15) is 5.75 Å². The third-order valence-corrected chi connectivity index (χ3v) is 6.49. The van der Waals surface area contributed by atoms with Crippen molar-refractivity contribution < 1.29 is 14.3 Å². The number of nitrogens with one attached hydrogen (secondary N) is 1. The van der Waals surface area contributed by atoms with Crippen molar-refractivity contribution in [1.29, 1.82) is 0 Å². The van der Waals surface area contributed by atoms with Crippen molar-refractivity contribution in [3.63, 3.8) is 0 Å². The molecular weight excluding hydrogens is 400 g/mol. The average molecular weight is 427 g/mol. The van der Waals surface area contributed by atoms with Crippen LogP contribution in [0.15, 0.2) is 42.5 Å². The smallest absolute Gasteiger partial charge is 0.410 e. The number of hydrogen-bond donors (Lipinski definition) is 1. The largest absolute Gasteiger partial charge is 0.412 e. The first-order chi connectivity index (χ1) is 14.5. The lowest BCUT2D eigenvalue weighted by Crippen LogP contribution is -2.34. The van der Waals surface area contributed by atoms with E-state index < -0.39 is 6.09 Å². The van der Waals surface area contributed by atoms with E-state index in [1.54, 1.807) is 12.1 Å². The molecule has 1 heterocycles. The third kappa shape index (κ3) is 4.85. The Morgan fingerprint density at radius 3 is 2.60 bits per heavy atom. The molecule has 30 heavy (non-hydrogen) atoms. The van der Waals surface area contributed by atoms with Crippen LogP contribution in [0, 0.1) is 11.8 Å². The van der Waals surface area contributed by atoms with Crippen molar-refractivity contribution in [3.8, 4) is 5.75 Å². The van der Waals surface area contributed by atoms with E-state index in [0.717, 1.165) is 55.9 Å². The molecule has 0 aromatic heterocycles. The summed E-state index contributed by atoms with van der Waals surface area (Å²) in [6.45, 7) is 3.07. The molecule has 158 valence electrons. The van der Waals surface area contributed by atoms with Crippen LogP contribution in [-0.2, 0) is 13.0 Å². The normalized spacial score (nSPS) is 19.5. The van der Waals surface area contributed by atoms with Crippen LogP contribution in [0.4, 0.5) is 4.79 Å². The molecule has 2 aromatic carbocycles. The Balaban J connectivity index is 1.29. The van der Waals surface area contributed by atoms with Crippen LogP contribution in [0.5, 0.6) is 5.75 Å². The summed E-state index contributed by atoms with van der Waals surface area (Å²) in [6.07, 6.45) is 3.45. The highest BCUT2D eigenvalue weighted by Crippen LogP contribution is 2.35. The van der Waals surface area contributed by atoms with Gasteiger partial charge in [0.05, 0.1) is 0 Å². The fourth-order valence-corrected chi connectivity index (χ4v) is 4.71. The van der Waals surface area contributed by atoms with Crippen LogP contribution < -0.4 is 10.1 Å². The average Bonchev–Trinajstić information content (AvgIpc) is 3.06. The zero-order valence-electron chi connectivity index (χ0n) is 17.2. The van der Waals surface area contributed by atoms with E-state index >= 15 is 0 Å². The topological polar surface area (TPSA) is 58.6 Å². The van der Waals surface area contributed by atoms with Crippen molar-refractivity contribution in [2.24, 2.45) is 11.8 Å². The third-order valence-electron chi connectivity index (χ3n) is 6.24. The summed E-state index contributed by atoms with van der Waals surface area (Å²) in [5, 5.41) is 3.19. The quantitative estimate of drug-likeness (QED) is 0.751. The predicted octanol–water partition coefficient (Wildman–Crippen LogP) is 4.72. The van der Waals surface area contributed by atoms with Gasteiger partial charge in [-0.2, -0.15) is 0 Å². The van der Waals surface area contributed by atoms with E-state index in [4.69, 9.17) is 16.3 Å². The molecule has 1 amide bonds. The first-order valence-corrected chi connectivity index (χ1v) is 10.9. The van der Waals surface area contributed by atoms with Gasteiger partial charge in [0.25, 0.3) is 0 Å². The van der Waals surface area contributed by atoms with Crippen LogP contribution in [0.3, 0.4) is 0 Å². The molecule has 1 unspecified atom stereocenters. The number of benzene rings is 2. The molecule has 1 saturated heterocycles. The number of ether oxygens (including phenoxy) is 1. The molecule has 6 heteroatoms. The zero-order valence-corrected chi connectivity index (χ0v) is 18.0. The van der Waals surface area contributed by atoms with Gasteiger partial charge >= 0.3 is 6.09 Å². The number of hydrogen-bond acceptors (Lipinski definition) is 4. The molecule has 0 spiro atoms.